The Hall–Kier alpha value is -2.77. The maximum atomic E-state index is 15.0. The fourth-order valence-corrected chi connectivity index (χ4v) is 6.21. The largest absolute Gasteiger partial charge is 0.491 e. The Bertz CT molecular complexity index is 1280. The highest BCUT2D eigenvalue weighted by atomic mass is 19.1. The van der Waals surface area contributed by atoms with E-state index in [4.69, 9.17) is 28.1 Å². The lowest BCUT2D eigenvalue weighted by molar-refractivity contribution is -0.227. The van der Waals surface area contributed by atoms with Gasteiger partial charge in [0.15, 0.2) is 5.76 Å². The molecular formula is C30H42FN3O8. The van der Waals surface area contributed by atoms with Crippen molar-refractivity contribution in [3.05, 3.63) is 29.5 Å². The van der Waals surface area contributed by atoms with Gasteiger partial charge in [0, 0.05) is 38.3 Å². The number of nitrogens with one attached hydrogen (secondary N) is 1. The fraction of sp³-hybridized carbons (Fsp3) is 0.667. The molecule has 3 aliphatic heterocycles. The van der Waals surface area contributed by atoms with Crippen LogP contribution in [0.4, 0.5) is 4.39 Å². The van der Waals surface area contributed by atoms with E-state index >= 15 is 0 Å². The van der Waals surface area contributed by atoms with E-state index in [1.165, 1.54) is 19.1 Å². The van der Waals surface area contributed by atoms with Crippen LogP contribution in [0.5, 0.6) is 5.75 Å². The van der Waals surface area contributed by atoms with Crippen LogP contribution in [0.15, 0.2) is 22.6 Å². The van der Waals surface area contributed by atoms with Crippen molar-refractivity contribution >= 4 is 22.8 Å². The lowest BCUT2D eigenvalue weighted by atomic mass is 10.00. The summed E-state index contributed by atoms with van der Waals surface area (Å²) in [6.45, 7) is 8.29. The number of methoxy groups -OCH3 is 2. The molecule has 3 aliphatic rings. The number of halogens is 1. The Morgan fingerprint density at radius 2 is 1.95 bits per heavy atom. The summed E-state index contributed by atoms with van der Waals surface area (Å²) < 4.78 is 49.5. The Balaban J connectivity index is 1.32. The number of fused-ring (bicyclic) bond motifs is 2. The second-order valence-corrected chi connectivity index (χ2v) is 11.9. The Labute approximate surface area is 245 Å². The van der Waals surface area contributed by atoms with Gasteiger partial charge in [0.25, 0.3) is 5.91 Å². The Kier molecular flexibility index (Phi) is 9.10. The van der Waals surface area contributed by atoms with E-state index in [0.29, 0.717) is 36.5 Å². The average Bonchev–Trinajstić information content (AvgIpc) is 3.62. The number of carbonyl (C=O) groups excluding carboxylic acids is 2. The van der Waals surface area contributed by atoms with E-state index in [-0.39, 0.29) is 30.9 Å². The first-order chi connectivity index (χ1) is 20.1. The first-order valence-corrected chi connectivity index (χ1v) is 14.5. The SMILES string of the molecule is COC1(OC)COC2C(F)CN(C(=O)C(CC(C)C)NC(=O)c3oc4ccc(OC[C@@H]5CN(C)CCO5)cc4c3C)C21. The first-order valence-electron chi connectivity index (χ1n) is 14.5. The minimum absolute atomic E-state index is 0.00461. The number of alkyl halides is 1. The van der Waals surface area contributed by atoms with E-state index < -0.39 is 42.0 Å². The molecule has 0 bridgehead atoms. The minimum atomic E-state index is -1.40. The van der Waals surface area contributed by atoms with E-state index in [0.717, 1.165) is 18.5 Å². The number of nitrogens with zero attached hydrogens (tertiary/aromatic N) is 2. The molecule has 0 aliphatic carbocycles. The monoisotopic (exact) mass is 591 g/mol. The summed E-state index contributed by atoms with van der Waals surface area (Å²) in [7, 11) is 4.94. The molecule has 2 amide bonds. The second kappa shape index (κ2) is 12.5. The average molecular weight is 592 g/mol. The number of rotatable bonds is 10. The van der Waals surface area contributed by atoms with Gasteiger partial charge in [-0.15, -0.1) is 0 Å². The molecule has 1 aromatic heterocycles. The highest BCUT2D eigenvalue weighted by Crippen LogP contribution is 2.40. The highest BCUT2D eigenvalue weighted by Gasteiger charge is 2.62. The first kappa shape index (κ1) is 30.7. The molecule has 0 radical (unpaired) electrons. The van der Waals surface area contributed by atoms with E-state index in [9.17, 15) is 14.0 Å². The standard InChI is InChI=1S/C30H42FN3O8/c1-17(2)11-23(29(36)34-14-22(31)26-27(34)30(37-5,38-6)16-41-26)32-28(35)25-18(3)21-12-19(7-8-24(21)42-25)40-15-20-13-33(4)9-10-39-20/h7-8,12,17,20,22-23,26-27H,9-11,13-16H2,1-6H3,(H,32,35)/t20-,22?,23?,26?,27?/m0/s1. The number of amides is 2. The molecule has 4 heterocycles. The zero-order valence-electron chi connectivity index (χ0n) is 25.2. The summed E-state index contributed by atoms with van der Waals surface area (Å²) in [4.78, 5) is 31.0. The number of hydrogen-bond donors (Lipinski definition) is 1. The van der Waals surface area contributed by atoms with Crippen LogP contribution in [0.3, 0.4) is 0 Å². The van der Waals surface area contributed by atoms with Gasteiger partial charge < -0.3 is 43.2 Å². The van der Waals surface area contributed by atoms with Gasteiger partial charge in [-0.2, -0.15) is 0 Å². The molecule has 2 aromatic rings. The van der Waals surface area contributed by atoms with Crippen molar-refractivity contribution in [3.63, 3.8) is 0 Å². The maximum absolute atomic E-state index is 15.0. The molecule has 3 saturated heterocycles. The van der Waals surface area contributed by atoms with Gasteiger partial charge in [0.1, 0.15) is 55.0 Å². The van der Waals surface area contributed by atoms with Crippen LogP contribution in [-0.2, 0) is 23.7 Å². The predicted molar refractivity (Wildman–Crippen MR) is 151 cm³/mol. The number of carbonyl (C=O) groups is 2. The van der Waals surface area contributed by atoms with Crippen LogP contribution in [0, 0.1) is 12.8 Å². The van der Waals surface area contributed by atoms with Crippen molar-refractivity contribution in [3.8, 4) is 5.75 Å². The Morgan fingerprint density at radius 1 is 1.19 bits per heavy atom. The molecular weight excluding hydrogens is 549 g/mol. The second-order valence-electron chi connectivity index (χ2n) is 11.9. The van der Waals surface area contributed by atoms with Crippen LogP contribution in [0.2, 0.25) is 0 Å². The number of hydrogen-bond acceptors (Lipinski definition) is 9. The molecule has 3 fully saturated rings. The van der Waals surface area contributed by atoms with Gasteiger partial charge in [-0.25, -0.2) is 4.39 Å². The number of benzene rings is 1. The molecule has 0 saturated carbocycles. The lowest BCUT2D eigenvalue weighted by Gasteiger charge is -2.37. The summed E-state index contributed by atoms with van der Waals surface area (Å²) in [5.41, 5.74) is 1.16. The van der Waals surface area contributed by atoms with Crippen LogP contribution in [0.1, 0.15) is 36.4 Å². The van der Waals surface area contributed by atoms with Gasteiger partial charge in [-0.05, 0) is 44.5 Å². The number of ether oxygens (including phenoxy) is 5. The zero-order valence-corrected chi connectivity index (χ0v) is 25.2. The minimum Gasteiger partial charge on any atom is -0.491 e. The van der Waals surface area contributed by atoms with E-state index in [1.54, 1.807) is 19.1 Å². The van der Waals surface area contributed by atoms with Crippen molar-refractivity contribution < 1.29 is 42.1 Å². The summed E-state index contributed by atoms with van der Waals surface area (Å²) in [5, 5.41) is 3.60. The summed E-state index contributed by atoms with van der Waals surface area (Å²) in [6, 6.07) is 3.70. The molecule has 232 valence electrons. The van der Waals surface area contributed by atoms with Crippen molar-refractivity contribution in [1.82, 2.24) is 15.1 Å². The van der Waals surface area contributed by atoms with Crippen molar-refractivity contribution in [2.45, 2.75) is 63.4 Å². The third-order valence-electron chi connectivity index (χ3n) is 8.48. The predicted octanol–water partition coefficient (Wildman–Crippen LogP) is 2.53. The quantitative estimate of drug-likeness (QED) is 0.417. The zero-order chi connectivity index (χ0) is 30.2. The van der Waals surface area contributed by atoms with E-state index in [1.807, 2.05) is 19.9 Å². The van der Waals surface area contributed by atoms with Gasteiger partial charge >= 0.3 is 0 Å². The van der Waals surface area contributed by atoms with Gasteiger partial charge in [-0.3, -0.25) is 9.59 Å². The molecule has 4 unspecified atom stereocenters. The summed E-state index contributed by atoms with van der Waals surface area (Å²) in [6.07, 6.45) is -1.95. The maximum Gasteiger partial charge on any atom is 0.287 e. The van der Waals surface area contributed by atoms with Gasteiger partial charge in [-0.1, -0.05) is 13.8 Å². The molecule has 42 heavy (non-hydrogen) atoms. The number of aryl methyl sites for hydroxylation is 1. The Morgan fingerprint density at radius 3 is 2.64 bits per heavy atom. The number of likely N-dealkylation sites (tertiary alicyclic amines) is 1. The highest BCUT2D eigenvalue weighted by molar-refractivity contribution is 6.01. The van der Waals surface area contributed by atoms with Crippen molar-refractivity contribution in [2.75, 3.05) is 60.7 Å². The van der Waals surface area contributed by atoms with Crippen molar-refractivity contribution in [1.29, 1.82) is 0 Å². The molecule has 5 rings (SSSR count). The third-order valence-corrected chi connectivity index (χ3v) is 8.48. The number of likely N-dealkylation sites (N-methyl/N-ethyl adjacent to an activating group) is 1. The smallest absolute Gasteiger partial charge is 0.287 e. The summed E-state index contributed by atoms with van der Waals surface area (Å²) in [5.74, 6) is -1.42. The fourth-order valence-electron chi connectivity index (χ4n) is 6.21. The summed E-state index contributed by atoms with van der Waals surface area (Å²) >= 11 is 0. The van der Waals surface area contributed by atoms with Gasteiger partial charge in [0.2, 0.25) is 11.7 Å². The topological polar surface area (TPSA) is 112 Å². The molecule has 1 N–H and O–H groups in total. The third kappa shape index (κ3) is 5.87. The molecule has 0 spiro atoms. The van der Waals surface area contributed by atoms with Gasteiger partial charge in [0.05, 0.1) is 13.2 Å². The van der Waals surface area contributed by atoms with Crippen molar-refractivity contribution in [2.24, 2.45) is 5.92 Å². The normalized spacial score (nSPS) is 26.5. The molecule has 12 heteroatoms. The number of morpholine rings is 1. The molecule has 1 aromatic carbocycles. The lowest BCUT2D eigenvalue weighted by Crippen LogP contribution is -2.58. The van der Waals surface area contributed by atoms with Crippen LogP contribution < -0.4 is 10.1 Å². The van der Waals surface area contributed by atoms with Crippen LogP contribution in [0.25, 0.3) is 11.0 Å². The van der Waals surface area contributed by atoms with Crippen LogP contribution in [-0.4, -0.2) is 119 Å². The molecule has 5 atom stereocenters. The number of furan rings is 1. The van der Waals surface area contributed by atoms with E-state index in [2.05, 4.69) is 17.3 Å². The van der Waals surface area contributed by atoms with Crippen LogP contribution >= 0.6 is 0 Å². The molecule has 11 nitrogen and oxygen atoms in total.